The van der Waals surface area contributed by atoms with Crippen LogP contribution in [-0.2, 0) is 9.59 Å². The van der Waals surface area contributed by atoms with Crippen LogP contribution in [0.25, 0.3) is 22.2 Å². The minimum Gasteiger partial charge on any atom is -0.480 e. The van der Waals surface area contributed by atoms with Crippen LogP contribution in [0.1, 0.15) is 10.4 Å². The third-order valence-electron chi connectivity index (χ3n) is 3.88. The summed E-state index contributed by atoms with van der Waals surface area (Å²) >= 11 is 0. The summed E-state index contributed by atoms with van der Waals surface area (Å²) in [4.78, 5) is 39.4. The standard InChI is InChI=1S/C20H17N3O4/c24-18(21-12-19(25)26)11-22-20(27)15-10-17(13-6-2-1-3-7-13)23-16-9-5-4-8-14(15)16/h1-10H,11-12H2,(H,21,24)(H,22,27)(H,25,26). The fourth-order valence-corrected chi connectivity index (χ4v) is 2.61. The Balaban J connectivity index is 1.87. The van der Waals surface area contributed by atoms with Crippen molar-refractivity contribution in [1.29, 1.82) is 0 Å². The van der Waals surface area contributed by atoms with E-state index in [9.17, 15) is 14.4 Å². The number of hydrogen-bond acceptors (Lipinski definition) is 4. The molecule has 7 nitrogen and oxygen atoms in total. The van der Waals surface area contributed by atoms with Gasteiger partial charge in [-0.1, -0.05) is 48.5 Å². The smallest absolute Gasteiger partial charge is 0.322 e. The summed E-state index contributed by atoms with van der Waals surface area (Å²) in [7, 11) is 0. The molecule has 0 atom stereocenters. The normalized spacial score (nSPS) is 10.4. The van der Waals surface area contributed by atoms with E-state index in [1.807, 2.05) is 48.5 Å². The number of nitrogens with one attached hydrogen (secondary N) is 2. The van der Waals surface area contributed by atoms with Crippen molar-refractivity contribution in [2.24, 2.45) is 0 Å². The van der Waals surface area contributed by atoms with Gasteiger partial charge in [0.1, 0.15) is 6.54 Å². The molecule has 0 aliphatic carbocycles. The Kier molecular flexibility index (Phi) is 5.41. The Morgan fingerprint density at radius 3 is 2.33 bits per heavy atom. The van der Waals surface area contributed by atoms with E-state index in [1.54, 1.807) is 12.1 Å². The summed E-state index contributed by atoms with van der Waals surface area (Å²) < 4.78 is 0. The van der Waals surface area contributed by atoms with Gasteiger partial charge >= 0.3 is 5.97 Å². The Bertz CT molecular complexity index is 1000. The molecule has 3 rings (SSSR count). The van der Waals surface area contributed by atoms with E-state index >= 15 is 0 Å². The molecule has 136 valence electrons. The second-order valence-corrected chi connectivity index (χ2v) is 5.79. The highest BCUT2D eigenvalue weighted by Gasteiger charge is 2.15. The van der Waals surface area contributed by atoms with Crippen LogP contribution in [0.2, 0.25) is 0 Å². The van der Waals surface area contributed by atoms with Crippen molar-refractivity contribution in [2.45, 2.75) is 0 Å². The Morgan fingerprint density at radius 2 is 1.59 bits per heavy atom. The van der Waals surface area contributed by atoms with E-state index in [1.165, 1.54) is 0 Å². The average Bonchev–Trinajstić information content (AvgIpc) is 2.70. The first-order chi connectivity index (χ1) is 13.0. The van der Waals surface area contributed by atoms with Crippen LogP contribution >= 0.6 is 0 Å². The fraction of sp³-hybridized carbons (Fsp3) is 0.100. The van der Waals surface area contributed by atoms with Gasteiger partial charge in [0.25, 0.3) is 5.91 Å². The monoisotopic (exact) mass is 363 g/mol. The molecule has 0 aliphatic heterocycles. The van der Waals surface area contributed by atoms with E-state index < -0.39 is 24.3 Å². The summed E-state index contributed by atoms with van der Waals surface area (Å²) in [5, 5.41) is 14.0. The highest BCUT2D eigenvalue weighted by molar-refractivity contribution is 6.08. The number of carboxylic acid groups (broad SMARTS) is 1. The van der Waals surface area contributed by atoms with Crippen molar-refractivity contribution >= 4 is 28.7 Å². The van der Waals surface area contributed by atoms with Gasteiger partial charge < -0.3 is 15.7 Å². The van der Waals surface area contributed by atoms with Crippen LogP contribution in [0.4, 0.5) is 0 Å². The molecule has 3 aromatic rings. The summed E-state index contributed by atoms with van der Waals surface area (Å²) in [6.45, 7) is -0.811. The van der Waals surface area contributed by atoms with Gasteiger partial charge in [-0.3, -0.25) is 14.4 Å². The predicted molar refractivity (Wildman–Crippen MR) is 100 cm³/mol. The molecule has 0 unspecified atom stereocenters. The zero-order valence-corrected chi connectivity index (χ0v) is 14.3. The molecule has 3 N–H and O–H groups in total. The van der Waals surface area contributed by atoms with Gasteiger partial charge in [0, 0.05) is 10.9 Å². The van der Waals surface area contributed by atoms with E-state index in [4.69, 9.17) is 5.11 Å². The molecule has 0 fully saturated rings. The maximum Gasteiger partial charge on any atom is 0.322 e. The molecule has 0 spiro atoms. The van der Waals surface area contributed by atoms with Gasteiger partial charge in [0.05, 0.1) is 23.3 Å². The molecule has 0 saturated carbocycles. The Hall–Kier alpha value is -3.74. The van der Waals surface area contributed by atoms with Crippen LogP contribution in [0.15, 0.2) is 60.7 Å². The molecule has 7 heteroatoms. The largest absolute Gasteiger partial charge is 0.480 e. The number of benzene rings is 2. The molecule has 1 heterocycles. The van der Waals surface area contributed by atoms with Crippen molar-refractivity contribution in [1.82, 2.24) is 15.6 Å². The maximum atomic E-state index is 12.6. The number of fused-ring (bicyclic) bond motifs is 1. The van der Waals surface area contributed by atoms with Crippen molar-refractivity contribution in [2.75, 3.05) is 13.1 Å². The zero-order valence-electron chi connectivity index (χ0n) is 14.3. The van der Waals surface area contributed by atoms with Gasteiger partial charge in [0.2, 0.25) is 5.91 Å². The van der Waals surface area contributed by atoms with Crippen LogP contribution < -0.4 is 10.6 Å². The van der Waals surface area contributed by atoms with Crippen LogP contribution in [0.5, 0.6) is 0 Å². The number of carbonyl (C=O) groups excluding carboxylic acids is 2. The van der Waals surface area contributed by atoms with E-state index in [0.717, 1.165) is 5.56 Å². The number of hydrogen-bond donors (Lipinski definition) is 3. The molecule has 0 saturated heterocycles. The predicted octanol–water partition coefficient (Wildman–Crippen LogP) is 1.83. The second kappa shape index (κ2) is 8.09. The van der Waals surface area contributed by atoms with Gasteiger partial charge in [0.15, 0.2) is 0 Å². The number of nitrogens with zero attached hydrogens (tertiary/aromatic N) is 1. The summed E-state index contributed by atoms with van der Waals surface area (Å²) in [6.07, 6.45) is 0. The molecule has 1 aromatic heterocycles. The molecule has 0 radical (unpaired) electrons. The SMILES string of the molecule is O=C(O)CNC(=O)CNC(=O)c1cc(-c2ccccc2)nc2ccccc12. The van der Waals surface area contributed by atoms with Crippen LogP contribution in [-0.4, -0.2) is 41.0 Å². The van der Waals surface area contributed by atoms with Crippen molar-refractivity contribution in [3.05, 3.63) is 66.2 Å². The van der Waals surface area contributed by atoms with Gasteiger partial charge in [-0.15, -0.1) is 0 Å². The van der Waals surface area contributed by atoms with Crippen LogP contribution in [0, 0.1) is 0 Å². The summed E-state index contributed by atoms with van der Waals surface area (Å²) in [5.41, 5.74) is 2.58. The Morgan fingerprint density at radius 1 is 0.889 bits per heavy atom. The highest BCUT2D eigenvalue weighted by Crippen LogP contribution is 2.24. The van der Waals surface area contributed by atoms with Crippen LogP contribution in [0.3, 0.4) is 0 Å². The lowest BCUT2D eigenvalue weighted by atomic mass is 10.0. The third-order valence-corrected chi connectivity index (χ3v) is 3.88. The fourth-order valence-electron chi connectivity index (χ4n) is 2.61. The van der Waals surface area contributed by atoms with Crippen molar-refractivity contribution < 1.29 is 19.5 Å². The van der Waals surface area contributed by atoms with E-state index in [0.29, 0.717) is 22.2 Å². The number of para-hydroxylation sites is 1. The molecule has 2 amide bonds. The molecule has 0 aliphatic rings. The minimum absolute atomic E-state index is 0.316. The van der Waals surface area contributed by atoms with Gasteiger partial charge in [-0.05, 0) is 12.1 Å². The second-order valence-electron chi connectivity index (χ2n) is 5.79. The number of pyridine rings is 1. The third kappa shape index (κ3) is 4.46. The molecule has 2 aromatic carbocycles. The van der Waals surface area contributed by atoms with Gasteiger partial charge in [-0.2, -0.15) is 0 Å². The first-order valence-corrected chi connectivity index (χ1v) is 8.26. The first-order valence-electron chi connectivity index (χ1n) is 8.26. The van der Waals surface area contributed by atoms with E-state index in [-0.39, 0.29) is 6.54 Å². The number of carboxylic acids is 1. The van der Waals surface area contributed by atoms with Gasteiger partial charge in [-0.25, -0.2) is 4.98 Å². The van der Waals surface area contributed by atoms with Crippen molar-refractivity contribution in [3.63, 3.8) is 0 Å². The number of rotatable bonds is 6. The molecular formula is C20H17N3O4. The lowest BCUT2D eigenvalue weighted by Crippen LogP contribution is -2.39. The molecular weight excluding hydrogens is 346 g/mol. The topological polar surface area (TPSA) is 108 Å². The highest BCUT2D eigenvalue weighted by atomic mass is 16.4. The maximum absolute atomic E-state index is 12.6. The van der Waals surface area contributed by atoms with E-state index in [2.05, 4.69) is 15.6 Å². The number of amides is 2. The summed E-state index contributed by atoms with van der Waals surface area (Å²) in [5.74, 6) is -2.16. The zero-order chi connectivity index (χ0) is 19.2. The Labute approximate surface area is 155 Å². The number of carbonyl (C=O) groups is 3. The van der Waals surface area contributed by atoms with Crippen molar-refractivity contribution in [3.8, 4) is 11.3 Å². The first kappa shape index (κ1) is 18.1. The number of aromatic nitrogens is 1. The minimum atomic E-state index is -1.15. The lowest BCUT2D eigenvalue weighted by Gasteiger charge is -2.10. The quantitative estimate of drug-likeness (QED) is 0.619. The average molecular weight is 363 g/mol. The number of aliphatic carboxylic acids is 1. The summed E-state index contributed by atoms with van der Waals surface area (Å²) in [6, 6.07) is 18.4. The molecule has 27 heavy (non-hydrogen) atoms. The molecule has 0 bridgehead atoms. The lowest BCUT2D eigenvalue weighted by molar-refractivity contribution is -0.137.